The number of carbonyl (C=O) groups is 1. The Morgan fingerprint density at radius 2 is 1.79 bits per heavy atom. The molecule has 0 amide bonds. The Kier molecular flexibility index (Phi) is 7.98. The normalized spacial score (nSPS) is 20.0. The number of hydrogen-bond acceptors (Lipinski definition) is 4. The molecule has 2 atom stereocenters. The molecule has 0 spiro atoms. The van der Waals surface area contributed by atoms with Gasteiger partial charge in [0.15, 0.2) is 0 Å². The van der Waals surface area contributed by atoms with Crippen molar-refractivity contribution in [3.05, 3.63) is 83.2 Å². The molecule has 2 aliphatic rings. The SMILES string of the molecule is COc1ccc(F)c(-c2ccc(Cc3ccc(N4C[C@H](N5CCCCC5)C[C@@H]4CC(=O)O)cc3)c(C)c2)c1. The van der Waals surface area contributed by atoms with E-state index in [9.17, 15) is 14.3 Å². The zero-order valence-electron chi connectivity index (χ0n) is 22.3. The van der Waals surface area contributed by atoms with Crippen molar-refractivity contribution in [2.75, 3.05) is 31.6 Å². The van der Waals surface area contributed by atoms with Crippen LogP contribution in [-0.2, 0) is 11.2 Å². The average Bonchev–Trinajstić information content (AvgIpc) is 3.34. The molecule has 0 aromatic heterocycles. The second-order valence-corrected chi connectivity index (χ2v) is 10.7. The number of aryl methyl sites for hydroxylation is 1. The van der Waals surface area contributed by atoms with Crippen molar-refractivity contribution in [2.24, 2.45) is 0 Å². The van der Waals surface area contributed by atoms with Gasteiger partial charge in [0.1, 0.15) is 11.6 Å². The molecule has 5 nitrogen and oxygen atoms in total. The molecule has 2 saturated heterocycles. The number of halogens is 1. The van der Waals surface area contributed by atoms with E-state index in [1.807, 2.05) is 12.1 Å². The van der Waals surface area contributed by atoms with Crippen LogP contribution in [0.4, 0.5) is 10.1 Å². The molecular weight excluding hydrogens is 479 g/mol. The van der Waals surface area contributed by atoms with Crippen LogP contribution in [0.2, 0.25) is 0 Å². The highest BCUT2D eigenvalue weighted by Crippen LogP contribution is 2.33. The van der Waals surface area contributed by atoms with Crippen LogP contribution >= 0.6 is 0 Å². The maximum Gasteiger partial charge on any atom is 0.305 e. The molecule has 200 valence electrons. The van der Waals surface area contributed by atoms with Gasteiger partial charge in [-0.3, -0.25) is 9.69 Å². The van der Waals surface area contributed by atoms with E-state index in [0.29, 0.717) is 17.4 Å². The highest BCUT2D eigenvalue weighted by molar-refractivity contribution is 5.69. The summed E-state index contributed by atoms with van der Waals surface area (Å²) >= 11 is 0. The van der Waals surface area contributed by atoms with Crippen molar-refractivity contribution in [3.8, 4) is 16.9 Å². The molecule has 3 aromatic rings. The van der Waals surface area contributed by atoms with E-state index in [1.54, 1.807) is 19.2 Å². The summed E-state index contributed by atoms with van der Waals surface area (Å²) in [6.07, 6.45) is 5.64. The summed E-state index contributed by atoms with van der Waals surface area (Å²) in [5.74, 6) is -0.364. The second-order valence-electron chi connectivity index (χ2n) is 10.7. The van der Waals surface area contributed by atoms with Gasteiger partial charge in [-0.05, 0) is 98.3 Å². The van der Waals surface area contributed by atoms with Crippen LogP contribution in [0.3, 0.4) is 0 Å². The number of methoxy groups -OCH3 is 1. The zero-order valence-corrected chi connectivity index (χ0v) is 22.3. The third-order valence-electron chi connectivity index (χ3n) is 8.20. The first kappa shape index (κ1) is 26.2. The maximum atomic E-state index is 14.5. The minimum atomic E-state index is -0.733. The van der Waals surface area contributed by atoms with Gasteiger partial charge in [0.2, 0.25) is 0 Å². The monoisotopic (exact) mass is 516 g/mol. The largest absolute Gasteiger partial charge is 0.497 e. The van der Waals surface area contributed by atoms with Gasteiger partial charge >= 0.3 is 5.97 Å². The van der Waals surface area contributed by atoms with Gasteiger partial charge in [-0.15, -0.1) is 0 Å². The Balaban J connectivity index is 1.30. The van der Waals surface area contributed by atoms with Crippen LogP contribution in [0.5, 0.6) is 5.75 Å². The quantitative estimate of drug-likeness (QED) is 0.380. The number of carboxylic acids is 1. The third kappa shape index (κ3) is 5.86. The lowest BCUT2D eigenvalue weighted by molar-refractivity contribution is -0.137. The molecule has 0 bridgehead atoms. The number of ether oxygens (including phenoxy) is 1. The summed E-state index contributed by atoms with van der Waals surface area (Å²) < 4.78 is 19.7. The van der Waals surface area contributed by atoms with Crippen molar-refractivity contribution < 1.29 is 19.0 Å². The minimum Gasteiger partial charge on any atom is -0.497 e. The predicted octanol–water partition coefficient (Wildman–Crippen LogP) is 6.31. The van der Waals surface area contributed by atoms with Crippen LogP contribution in [0.25, 0.3) is 11.1 Å². The van der Waals surface area contributed by atoms with Crippen molar-refractivity contribution in [2.45, 2.75) is 57.5 Å². The number of likely N-dealkylation sites (tertiary alicyclic amines) is 1. The predicted molar refractivity (Wildman–Crippen MR) is 150 cm³/mol. The molecule has 0 unspecified atom stereocenters. The van der Waals surface area contributed by atoms with Crippen LogP contribution in [0, 0.1) is 12.7 Å². The first-order valence-corrected chi connectivity index (χ1v) is 13.7. The minimum absolute atomic E-state index is 0.0251. The van der Waals surface area contributed by atoms with Gasteiger partial charge in [-0.25, -0.2) is 4.39 Å². The molecule has 0 aliphatic carbocycles. The van der Waals surface area contributed by atoms with E-state index in [2.05, 4.69) is 47.1 Å². The number of benzene rings is 3. The van der Waals surface area contributed by atoms with Gasteiger partial charge < -0.3 is 14.7 Å². The molecule has 2 fully saturated rings. The summed E-state index contributed by atoms with van der Waals surface area (Å²) in [5.41, 5.74) is 5.96. The van der Waals surface area contributed by atoms with Gasteiger partial charge in [0, 0.05) is 29.9 Å². The number of anilines is 1. The molecule has 5 rings (SSSR count). The van der Waals surface area contributed by atoms with Gasteiger partial charge in [0.05, 0.1) is 13.5 Å². The maximum absolute atomic E-state index is 14.5. The van der Waals surface area contributed by atoms with E-state index in [4.69, 9.17) is 4.74 Å². The lowest BCUT2D eigenvalue weighted by Gasteiger charge is -2.32. The number of nitrogens with zero attached hydrogens (tertiary/aromatic N) is 2. The number of rotatable bonds is 8. The molecule has 0 saturated carbocycles. The number of piperidine rings is 1. The molecular formula is C32H37FN2O3. The average molecular weight is 517 g/mol. The van der Waals surface area contributed by atoms with Crippen LogP contribution in [-0.4, -0.2) is 54.8 Å². The summed E-state index contributed by atoms with van der Waals surface area (Å²) in [4.78, 5) is 16.5. The Bertz CT molecular complexity index is 1270. The van der Waals surface area contributed by atoms with Crippen molar-refractivity contribution in [1.82, 2.24) is 4.90 Å². The van der Waals surface area contributed by atoms with Crippen LogP contribution in [0.15, 0.2) is 60.7 Å². The summed E-state index contributed by atoms with van der Waals surface area (Å²) in [6.45, 7) is 5.20. The standard InChI is InChI=1S/C32H37FN2O3/c1-22-16-25(30-20-29(38-2)12-13-31(30)33)9-8-24(22)17-23-6-10-26(11-7-23)35-21-28(18-27(35)19-32(36)37)34-14-4-3-5-15-34/h6-13,16,20,27-28H,3-5,14-15,17-19,21H2,1-2H3,(H,36,37)/t27-,28-/m1/s1. The van der Waals surface area contributed by atoms with E-state index in [1.165, 1.54) is 36.5 Å². The van der Waals surface area contributed by atoms with Crippen molar-refractivity contribution >= 4 is 11.7 Å². The summed E-state index contributed by atoms with van der Waals surface area (Å²) in [7, 11) is 1.58. The highest BCUT2D eigenvalue weighted by atomic mass is 19.1. The number of carboxylic acid groups (broad SMARTS) is 1. The molecule has 2 heterocycles. The molecule has 0 radical (unpaired) electrons. The third-order valence-corrected chi connectivity index (χ3v) is 8.20. The first-order valence-electron chi connectivity index (χ1n) is 13.7. The lowest BCUT2D eigenvalue weighted by Crippen LogP contribution is -2.40. The Labute approximate surface area is 224 Å². The topological polar surface area (TPSA) is 53.0 Å². The molecule has 3 aromatic carbocycles. The van der Waals surface area contributed by atoms with Gasteiger partial charge in [-0.2, -0.15) is 0 Å². The first-order chi connectivity index (χ1) is 18.4. The Hall–Kier alpha value is -3.38. The molecule has 2 aliphatic heterocycles. The highest BCUT2D eigenvalue weighted by Gasteiger charge is 2.36. The lowest BCUT2D eigenvalue weighted by atomic mass is 9.95. The second kappa shape index (κ2) is 11.6. The fourth-order valence-electron chi connectivity index (χ4n) is 6.09. The summed E-state index contributed by atoms with van der Waals surface area (Å²) in [6, 6.07) is 19.9. The van der Waals surface area contributed by atoms with Gasteiger partial charge in [-0.1, -0.05) is 36.8 Å². The van der Waals surface area contributed by atoms with Crippen molar-refractivity contribution in [1.29, 1.82) is 0 Å². The van der Waals surface area contributed by atoms with E-state index >= 15 is 0 Å². The Morgan fingerprint density at radius 3 is 2.47 bits per heavy atom. The van der Waals surface area contributed by atoms with Crippen LogP contribution in [0.1, 0.15) is 48.8 Å². The van der Waals surface area contributed by atoms with Crippen molar-refractivity contribution in [3.63, 3.8) is 0 Å². The smallest absolute Gasteiger partial charge is 0.305 e. The summed E-state index contributed by atoms with van der Waals surface area (Å²) in [5, 5.41) is 9.54. The molecule has 6 heteroatoms. The number of hydrogen-bond donors (Lipinski definition) is 1. The van der Waals surface area contributed by atoms with E-state index in [-0.39, 0.29) is 18.3 Å². The molecule has 38 heavy (non-hydrogen) atoms. The van der Waals surface area contributed by atoms with E-state index in [0.717, 1.165) is 49.3 Å². The fraction of sp³-hybridized carbons (Fsp3) is 0.406. The fourth-order valence-corrected chi connectivity index (χ4v) is 6.09. The zero-order chi connectivity index (χ0) is 26.6. The Morgan fingerprint density at radius 1 is 1.03 bits per heavy atom. The van der Waals surface area contributed by atoms with Gasteiger partial charge in [0.25, 0.3) is 0 Å². The van der Waals surface area contributed by atoms with Crippen LogP contribution < -0.4 is 9.64 Å². The number of aliphatic carboxylic acids is 1. The van der Waals surface area contributed by atoms with E-state index < -0.39 is 5.97 Å². The molecule has 1 N–H and O–H groups in total.